The molecule has 4 aliphatic rings. The minimum absolute atomic E-state index is 0.0544. The Bertz CT molecular complexity index is 1540. The highest BCUT2D eigenvalue weighted by Crippen LogP contribution is 2.30. The van der Waals surface area contributed by atoms with Gasteiger partial charge in [-0.2, -0.15) is 10.2 Å². The highest BCUT2D eigenvalue weighted by Gasteiger charge is 2.34. The molecule has 2 atom stereocenters. The van der Waals surface area contributed by atoms with Gasteiger partial charge < -0.3 is 29.2 Å². The minimum Gasteiger partial charge on any atom is -0.444 e. The SMILES string of the molecule is CC(=O)CC[C@H]1CN(c2ccc(N3C=NN(C)CC3)c(F)c2)C(=O)O1.CN1CCN(c2ccc(N3C[C@H](CO)OC3=O)cc2F)C=N1. The number of ether oxygens (including phenoxy) is 2. The van der Waals surface area contributed by atoms with Crippen LogP contribution in [0.15, 0.2) is 46.6 Å². The standard InChI is InChI=1S/C17H21FN4O3.C14H17FN4O3/c1-12(23)3-5-14-10-22(17(24)25-14)13-4-6-16(15(18)9-13)21-8-7-20(2)19-11-21;1-17-4-5-18(9-16-17)13-3-2-10(6-12(13)15)19-7-11(8-20)22-14(19)21/h4,6,9,11,14H,3,5,7-8,10H2,1-2H3;2-3,6,9,11,20H,4-5,7-8H2,1H3/t14-;11-/m01/s1. The second-order valence-corrected chi connectivity index (χ2v) is 11.5. The number of aliphatic hydroxyl groups is 1. The summed E-state index contributed by atoms with van der Waals surface area (Å²) >= 11 is 0. The summed E-state index contributed by atoms with van der Waals surface area (Å²) in [4.78, 5) is 41.0. The Labute approximate surface area is 271 Å². The van der Waals surface area contributed by atoms with Gasteiger partial charge in [-0.3, -0.25) is 19.8 Å². The van der Waals surface area contributed by atoms with Crippen molar-refractivity contribution in [3.8, 4) is 0 Å². The lowest BCUT2D eigenvalue weighted by Gasteiger charge is -2.28. The van der Waals surface area contributed by atoms with Crippen molar-refractivity contribution in [3.05, 3.63) is 48.0 Å². The molecule has 1 N–H and O–H groups in total. The van der Waals surface area contributed by atoms with Gasteiger partial charge in [-0.25, -0.2) is 18.4 Å². The van der Waals surface area contributed by atoms with E-state index in [2.05, 4.69) is 10.2 Å². The lowest BCUT2D eigenvalue weighted by molar-refractivity contribution is -0.117. The predicted molar refractivity (Wildman–Crippen MR) is 172 cm³/mol. The summed E-state index contributed by atoms with van der Waals surface area (Å²) in [5.41, 5.74) is 1.68. The van der Waals surface area contributed by atoms with Crippen molar-refractivity contribution in [1.29, 1.82) is 0 Å². The predicted octanol–water partition coefficient (Wildman–Crippen LogP) is 3.05. The maximum absolute atomic E-state index is 14.5. The number of hydrogen-bond donors (Lipinski definition) is 1. The normalized spacial score (nSPS) is 20.8. The molecule has 4 aliphatic heterocycles. The average molecular weight is 657 g/mol. The zero-order valence-corrected chi connectivity index (χ0v) is 26.5. The Morgan fingerprint density at radius 3 is 1.66 bits per heavy atom. The Morgan fingerprint density at radius 2 is 1.28 bits per heavy atom. The van der Waals surface area contributed by atoms with Crippen LogP contribution in [0.3, 0.4) is 0 Å². The molecule has 4 heterocycles. The third kappa shape index (κ3) is 8.06. The van der Waals surface area contributed by atoms with E-state index in [1.807, 2.05) is 14.1 Å². The molecule has 16 heteroatoms. The molecule has 2 fully saturated rings. The van der Waals surface area contributed by atoms with E-state index < -0.39 is 29.9 Å². The quantitative estimate of drug-likeness (QED) is 0.452. The van der Waals surface area contributed by atoms with Crippen LogP contribution >= 0.6 is 0 Å². The van der Waals surface area contributed by atoms with Gasteiger partial charge in [0.1, 0.15) is 42.3 Å². The van der Waals surface area contributed by atoms with Crippen molar-refractivity contribution in [2.24, 2.45) is 10.2 Å². The topological polar surface area (TPSA) is 134 Å². The van der Waals surface area contributed by atoms with E-state index in [4.69, 9.17) is 14.6 Å². The molecule has 0 aliphatic carbocycles. The summed E-state index contributed by atoms with van der Waals surface area (Å²) in [6, 6.07) is 9.23. The fraction of sp³-hybridized carbons (Fsp3) is 0.452. The number of carbonyl (C=O) groups excluding carboxylic acids is 3. The summed E-state index contributed by atoms with van der Waals surface area (Å²) < 4.78 is 39.1. The van der Waals surface area contributed by atoms with Crippen molar-refractivity contribution in [1.82, 2.24) is 10.0 Å². The fourth-order valence-corrected chi connectivity index (χ4v) is 5.27. The molecular formula is C31H38F2N8O6. The molecule has 47 heavy (non-hydrogen) atoms. The average Bonchev–Trinajstić information content (AvgIpc) is 3.63. The molecular weight excluding hydrogens is 618 g/mol. The number of aliphatic hydroxyl groups excluding tert-OH is 1. The number of nitrogens with zero attached hydrogens (tertiary/aromatic N) is 8. The van der Waals surface area contributed by atoms with Crippen molar-refractivity contribution in [3.63, 3.8) is 0 Å². The number of cyclic esters (lactones) is 2. The molecule has 0 spiro atoms. The fourth-order valence-electron chi connectivity index (χ4n) is 5.27. The summed E-state index contributed by atoms with van der Waals surface area (Å²) in [6.45, 7) is 4.46. The number of carbonyl (C=O) groups is 3. The molecule has 2 amide bonds. The van der Waals surface area contributed by atoms with Crippen LogP contribution in [0, 0.1) is 11.6 Å². The van der Waals surface area contributed by atoms with Gasteiger partial charge in [0.25, 0.3) is 0 Å². The highest BCUT2D eigenvalue weighted by atomic mass is 19.1. The number of hydrazone groups is 2. The van der Waals surface area contributed by atoms with Gasteiger partial charge in [0.15, 0.2) is 0 Å². The van der Waals surface area contributed by atoms with E-state index in [0.29, 0.717) is 68.3 Å². The van der Waals surface area contributed by atoms with Crippen molar-refractivity contribution in [2.75, 3.05) is 79.6 Å². The first kappa shape index (κ1) is 33.4. The number of hydrogen-bond acceptors (Lipinski definition) is 12. The molecule has 252 valence electrons. The number of halogens is 2. The third-order valence-corrected chi connectivity index (χ3v) is 7.98. The second kappa shape index (κ2) is 14.6. The van der Waals surface area contributed by atoms with Gasteiger partial charge in [-0.1, -0.05) is 0 Å². The zero-order valence-electron chi connectivity index (χ0n) is 26.5. The van der Waals surface area contributed by atoms with Gasteiger partial charge in [-0.05, 0) is 49.7 Å². The van der Waals surface area contributed by atoms with Gasteiger partial charge >= 0.3 is 12.2 Å². The van der Waals surface area contributed by atoms with Crippen molar-refractivity contribution in [2.45, 2.75) is 32.0 Å². The molecule has 0 radical (unpaired) electrons. The summed E-state index contributed by atoms with van der Waals surface area (Å²) in [5, 5.41) is 20.9. The van der Waals surface area contributed by atoms with Crippen LogP contribution < -0.4 is 19.6 Å². The van der Waals surface area contributed by atoms with Gasteiger partial charge in [-0.15, -0.1) is 0 Å². The van der Waals surface area contributed by atoms with E-state index in [0.717, 1.165) is 0 Å². The van der Waals surface area contributed by atoms with Gasteiger partial charge in [0.2, 0.25) is 0 Å². The largest absolute Gasteiger partial charge is 0.444 e. The van der Waals surface area contributed by atoms with E-state index in [1.54, 1.807) is 56.8 Å². The summed E-state index contributed by atoms with van der Waals surface area (Å²) in [6.07, 6.45) is 2.01. The number of anilines is 4. The Hall–Kier alpha value is -4.99. The van der Waals surface area contributed by atoms with Gasteiger partial charge in [0, 0.05) is 33.6 Å². The lowest BCUT2D eigenvalue weighted by atomic mass is 10.1. The van der Waals surface area contributed by atoms with E-state index in [-0.39, 0.29) is 25.0 Å². The molecule has 0 saturated carbocycles. The summed E-state index contributed by atoms with van der Waals surface area (Å²) in [7, 11) is 3.71. The maximum atomic E-state index is 14.5. The van der Waals surface area contributed by atoms with Crippen LogP contribution in [0.2, 0.25) is 0 Å². The molecule has 0 unspecified atom stereocenters. The maximum Gasteiger partial charge on any atom is 0.414 e. The third-order valence-electron chi connectivity index (χ3n) is 7.98. The molecule has 14 nitrogen and oxygen atoms in total. The van der Waals surface area contributed by atoms with Crippen LogP contribution in [0.25, 0.3) is 0 Å². The van der Waals surface area contributed by atoms with Crippen LogP contribution in [0.5, 0.6) is 0 Å². The molecule has 2 aromatic rings. The van der Waals surface area contributed by atoms with Crippen LogP contribution in [0.4, 0.5) is 41.1 Å². The van der Waals surface area contributed by atoms with Gasteiger partial charge in [0.05, 0.1) is 55.5 Å². The van der Waals surface area contributed by atoms with Crippen molar-refractivity contribution < 1.29 is 37.7 Å². The lowest BCUT2D eigenvalue weighted by Crippen LogP contribution is -2.36. The van der Waals surface area contributed by atoms with Crippen LogP contribution in [-0.2, 0) is 14.3 Å². The number of amides is 2. The smallest absolute Gasteiger partial charge is 0.414 e. The first-order chi connectivity index (χ1) is 22.5. The van der Waals surface area contributed by atoms with Crippen LogP contribution in [-0.4, -0.2) is 118 Å². The number of Topliss-reactive ketones (excluding diaryl/α,β-unsaturated/α-hetero) is 1. The molecule has 2 aromatic carbocycles. The number of benzene rings is 2. The van der Waals surface area contributed by atoms with E-state index in [1.165, 1.54) is 28.9 Å². The molecule has 0 aromatic heterocycles. The number of rotatable bonds is 8. The zero-order chi connectivity index (χ0) is 33.7. The monoisotopic (exact) mass is 656 g/mol. The highest BCUT2D eigenvalue weighted by molar-refractivity contribution is 5.91. The Kier molecular flexibility index (Phi) is 10.4. The van der Waals surface area contributed by atoms with Crippen LogP contribution in [0.1, 0.15) is 19.8 Å². The molecule has 6 rings (SSSR count). The van der Waals surface area contributed by atoms with E-state index >= 15 is 0 Å². The Balaban J connectivity index is 0.000000186. The second-order valence-electron chi connectivity index (χ2n) is 11.5. The number of likely N-dealkylation sites (N-methyl/N-ethyl adjacent to an activating group) is 2. The molecule has 2 saturated heterocycles. The summed E-state index contributed by atoms with van der Waals surface area (Å²) in [5.74, 6) is -0.805. The first-order valence-electron chi connectivity index (χ1n) is 15.2. The van der Waals surface area contributed by atoms with E-state index in [9.17, 15) is 23.2 Å². The Morgan fingerprint density at radius 1 is 0.809 bits per heavy atom. The first-order valence-corrected chi connectivity index (χ1v) is 15.2. The minimum atomic E-state index is -0.577. The van der Waals surface area contributed by atoms with Crippen molar-refractivity contribution >= 4 is 53.4 Å². The number of ketones is 1. The molecule has 0 bridgehead atoms.